The zero-order chi connectivity index (χ0) is 24.3. The standard InChI is InChI=1S/C34H23IN2/c1-2-6-29-28(5-1)30-20-25(15-16-32(30)37-33-8-4-3-7-31(33)36-34(29)37)23-11-9-22(10-12-23)24-13-14-27-21-35-18-17-26(27)19-24/h1,3-5,7-21H,2,6H2. The van der Waals surface area contributed by atoms with Crippen molar-refractivity contribution in [1.82, 2.24) is 9.38 Å². The van der Waals surface area contributed by atoms with E-state index in [1.54, 1.807) is 0 Å². The normalized spacial score (nSPS) is 14.2. The summed E-state index contributed by atoms with van der Waals surface area (Å²) in [5.41, 5.74) is 15.0. The van der Waals surface area contributed by atoms with Gasteiger partial charge in [-0.15, -0.1) is 0 Å². The number of rotatable bonds is 2. The summed E-state index contributed by atoms with van der Waals surface area (Å²) in [6.07, 6.45) is 8.98. The first kappa shape index (κ1) is 21.3. The number of benzene rings is 4. The molecule has 0 unspecified atom stereocenters. The Morgan fingerprint density at radius 3 is 2.38 bits per heavy atom. The van der Waals surface area contributed by atoms with Gasteiger partial charge in [-0.05, 0) is 96.3 Å². The summed E-state index contributed by atoms with van der Waals surface area (Å²) in [6, 6.07) is 31.3. The number of hydrogen-bond donors (Lipinski definition) is 0. The van der Waals surface area contributed by atoms with Gasteiger partial charge in [-0.25, -0.2) is 4.98 Å². The lowest BCUT2D eigenvalue weighted by Gasteiger charge is -2.17. The summed E-state index contributed by atoms with van der Waals surface area (Å²) in [5, 5.41) is 1.30. The van der Waals surface area contributed by atoms with Crippen LogP contribution in [0.3, 0.4) is 0 Å². The molecule has 1 aliphatic carbocycles. The molecule has 6 aromatic rings. The van der Waals surface area contributed by atoms with Gasteiger partial charge in [0, 0.05) is 10.9 Å². The fraction of sp³-hybridized carbons (Fsp3) is 0.0588. The minimum absolute atomic E-state index is 0.0818. The maximum absolute atomic E-state index is 5.05. The number of allylic oxidation sites excluding steroid dienone is 1. The number of imidazole rings is 1. The Hall–Kier alpha value is -3.83. The molecule has 0 spiro atoms. The van der Waals surface area contributed by atoms with E-state index < -0.39 is 0 Å². The second-order valence-corrected chi connectivity index (χ2v) is 11.8. The Labute approximate surface area is 225 Å². The van der Waals surface area contributed by atoms with E-state index in [4.69, 9.17) is 4.98 Å². The summed E-state index contributed by atoms with van der Waals surface area (Å²) in [4.78, 5) is 5.05. The molecule has 0 amide bonds. The van der Waals surface area contributed by atoms with Crippen molar-refractivity contribution in [2.75, 3.05) is 0 Å². The van der Waals surface area contributed by atoms with Crippen LogP contribution < -0.4 is 0 Å². The summed E-state index contributed by atoms with van der Waals surface area (Å²) in [5.74, 6) is 0. The number of halogens is 1. The first-order valence-electron chi connectivity index (χ1n) is 12.7. The Balaban J connectivity index is 1.27. The van der Waals surface area contributed by atoms with E-state index in [1.165, 1.54) is 60.9 Å². The number of pyridine rings is 1. The molecular weight excluding hydrogens is 563 g/mol. The molecule has 0 N–H and O–H groups in total. The fourth-order valence-electron chi connectivity index (χ4n) is 5.81. The molecule has 0 atom stereocenters. The van der Waals surface area contributed by atoms with Crippen LogP contribution in [0.1, 0.15) is 28.7 Å². The highest BCUT2D eigenvalue weighted by Crippen LogP contribution is 2.36. The lowest BCUT2D eigenvalue weighted by atomic mass is 9.92. The van der Waals surface area contributed by atoms with Crippen molar-refractivity contribution in [2.24, 2.45) is 0 Å². The second kappa shape index (κ2) is 8.35. The second-order valence-electron chi connectivity index (χ2n) is 9.77. The predicted molar refractivity (Wildman–Crippen MR) is 167 cm³/mol. The fourth-order valence-corrected chi connectivity index (χ4v) is 7.57. The molecule has 2 nitrogen and oxygen atoms in total. The van der Waals surface area contributed by atoms with Crippen LogP contribution in [-0.2, 0) is 6.42 Å². The van der Waals surface area contributed by atoms with Crippen LogP contribution in [0.25, 0.3) is 62.0 Å². The molecule has 0 fully saturated rings. The third-order valence-electron chi connectivity index (χ3n) is 7.66. The number of hydrogen-bond acceptors (Lipinski definition) is 1. The van der Waals surface area contributed by atoms with Crippen molar-refractivity contribution >= 4 is 64.5 Å². The van der Waals surface area contributed by atoms with Crippen LogP contribution >= 0.6 is 20.7 Å². The average Bonchev–Trinajstić information content (AvgIpc) is 3.37. The molecule has 8 rings (SSSR count). The molecule has 3 heterocycles. The number of nitrogens with zero attached hydrogens (tertiary/aromatic N) is 2. The highest BCUT2D eigenvalue weighted by atomic mass is 127. The quantitative estimate of drug-likeness (QED) is 0.185. The maximum Gasteiger partial charge on any atom is 0.142 e. The van der Waals surface area contributed by atoms with E-state index in [9.17, 15) is 0 Å². The zero-order valence-electron chi connectivity index (χ0n) is 20.2. The van der Waals surface area contributed by atoms with Gasteiger partial charge >= 0.3 is 0 Å². The molecular formula is C34H23IN2. The molecule has 37 heavy (non-hydrogen) atoms. The van der Waals surface area contributed by atoms with Gasteiger partial charge in [-0.3, -0.25) is 4.40 Å². The van der Waals surface area contributed by atoms with E-state index in [-0.39, 0.29) is 20.7 Å². The Morgan fingerprint density at radius 1 is 0.703 bits per heavy atom. The van der Waals surface area contributed by atoms with E-state index in [1.807, 2.05) is 0 Å². The first-order chi connectivity index (χ1) is 18.3. The molecule has 2 aromatic heterocycles. The van der Waals surface area contributed by atoms with Crippen LogP contribution in [0.5, 0.6) is 0 Å². The minimum Gasteiger partial charge on any atom is -0.292 e. The Kier molecular flexibility index (Phi) is 4.80. The summed E-state index contributed by atoms with van der Waals surface area (Å²) >= 11 is 0.0818. The minimum atomic E-state index is 0.0818. The van der Waals surface area contributed by atoms with Crippen LogP contribution in [0.15, 0.2) is 95.1 Å². The van der Waals surface area contributed by atoms with Gasteiger partial charge in [0.25, 0.3) is 0 Å². The Morgan fingerprint density at radius 2 is 1.49 bits per heavy atom. The van der Waals surface area contributed by atoms with E-state index in [0.29, 0.717) is 0 Å². The number of aromatic nitrogens is 2. The van der Waals surface area contributed by atoms with Gasteiger partial charge in [0.05, 0.1) is 16.6 Å². The van der Waals surface area contributed by atoms with Crippen molar-refractivity contribution in [3.05, 3.63) is 117 Å². The van der Waals surface area contributed by atoms with Crippen molar-refractivity contribution in [3.8, 4) is 22.3 Å². The van der Waals surface area contributed by atoms with Gasteiger partial charge in [0.2, 0.25) is 0 Å². The van der Waals surface area contributed by atoms with Gasteiger partial charge in [0.1, 0.15) is 5.65 Å². The number of fused-ring (bicyclic) bond motifs is 9. The van der Waals surface area contributed by atoms with Gasteiger partial charge in [0.15, 0.2) is 0 Å². The summed E-state index contributed by atoms with van der Waals surface area (Å²) < 4.78 is 7.09. The van der Waals surface area contributed by atoms with Crippen molar-refractivity contribution < 1.29 is 0 Å². The molecule has 3 heteroatoms. The highest BCUT2D eigenvalue weighted by Gasteiger charge is 2.19. The van der Waals surface area contributed by atoms with Crippen molar-refractivity contribution in [1.29, 1.82) is 0 Å². The lowest BCUT2D eigenvalue weighted by molar-refractivity contribution is 0.984. The lowest BCUT2D eigenvalue weighted by Crippen LogP contribution is -2.02. The van der Waals surface area contributed by atoms with E-state index in [0.717, 1.165) is 24.0 Å². The summed E-state index contributed by atoms with van der Waals surface area (Å²) in [6.45, 7) is 0. The molecule has 0 saturated heterocycles. The van der Waals surface area contributed by atoms with Gasteiger partial charge in [-0.1, -0.05) is 87.5 Å². The molecule has 176 valence electrons. The van der Waals surface area contributed by atoms with Gasteiger partial charge < -0.3 is 0 Å². The molecule has 4 aromatic carbocycles. The van der Waals surface area contributed by atoms with Gasteiger partial charge in [-0.2, -0.15) is 0 Å². The summed E-state index contributed by atoms with van der Waals surface area (Å²) in [7, 11) is 0. The number of para-hydroxylation sites is 2. The van der Waals surface area contributed by atoms with E-state index >= 15 is 0 Å². The van der Waals surface area contributed by atoms with Crippen molar-refractivity contribution in [3.63, 3.8) is 0 Å². The van der Waals surface area contributed by atoms with Crippen LogP contribution in [0.2, 0.25) is 0 Å². The zero-order valence-corrected chi connectivity index (χ0v) is 22.3. The topological polar surface area (TPSA) is 17.3 Å². The Bertz CT molecular complexity index is 1970. The third kappa shape index (κ3) is 3.37. The molecule has 0 radical (unpaired) electrons. The SMILES string of the molecule is C1=Cc2c(c3nc4ccccc4n3c3ccc(-c4ccc(-c5ccc6c(c5)C=CI=C6)cc4)cc23)CC1. The van der Waals surface area contributed by atoms with Crippen LogP contribution in [0, 0.1) is 0 Å². The predicted octanol–water partition coefficient (Wildman–Crippen LogP) is 9.04. The highest BCUT2D eigenvalue weighted by molar-refractivity contribution is 14.2. The van der Waals surface area contributed by atoms with Crippen molar-refractivity contribution in [2.45, 2.75) is 12.8 Å². The van der Waals surface area contributed by atoms with E-state index in [2.05, 4.69) is 116 Å². The largest absolute Gasteiger partial charge is 0.292 e. The molecule has 0 bridgehead atoms. The smallest absolute Gasteiger partial charge is 0.142 e. The first-order valence-corrected chi connectivity index (χ1v) is 15.2. The van der Waals surface area contributed by atoms with Crippen LogP contribution in [0.4, 0.5) is 0 Å². The number of aryl methyl sites for hydroxylation is 1. The maximum atomic E-state index is 5.05. The monoisotopic (exact) mass is 586 g/mol. The molecule has 2 aliphatic rings. The van der Waals surface area contributed by atoms with Crippen LogP contribution in [-0.4, -0.2) is 13.4 Å². The molecule has 1 aliphatic heterocycles. The third-order valence-corrected chi connectivity index (χ3v) is 9.47. The average molecular weight is 586 g/mol. The molecule has 0 saturated carbocycles.